The SMILES string of the molecule is CCNC(C)(CCCN1CCC(CC)CC1)C(N)=O. The molecule has 0 bridgehead atoms. The number of amides is 1. The summed E-state index contributed by atoms with van der Waals surface area (Å²) in [5.74, 6) is 0.688. The lowest BCUT2D eigenvalue weighted by molar-refractivity contribution is -0.124. The third kappa shape index (κ3) is 5.11. The summed E-state index contributed by atoms with van der Waals surface area (Å²) >= 11 is 0. The monoisotopic (exact) mass is 269 g/mol. The summed E-state index contributed by atoms with van der Waals surface area (Å²) in [5, 5.41) is 3.22. The maximum absolute atomic E-state index is 11.5. The summed E-state index contributed by atoms with van der Waals surface area (Å²) in [7, 11) is 0. The molecule has 1 aliphatic rings. The molecule has 4 nitrogen and oxygen atoms in total. The topological polar surface area (TPSA) is 58.4 Å². The molecule has 1 saturated heterocycles. The molecule has 1 rings (SSSR count). The molecule has 0 aromatic rings. The molecule has 1 heterocycles. The van der Waals surface area contributed by atoms with Gasteiger partial charge < -0.3 is 16.0 Å². The van der Waals surface area contributed by atoms with E-state index < -0.39 is 5.54 Å². The molecule has 1 atom stereocenters. The van der Waals surface area contributed by atoms with Crippen LogP contribution in [0.2, 0.25) is 0 Å². The molecule has 0 aromatic carbocycles. The first-order chi connectivity index (χ1) is 9.01. The number of hydrogen-bond donors (Lipinski definition) is 2. The Morgan fingerprint density at radius 3 is 2.47 bits per heavy atom. The number of primary amides is 1. The zero-order chi connectivity index (χ0) is 14.3. The van der Waals surface area contributed by atoms with Gasteiger partial charge in [-0.15, -0.1) is 0 Å². The second kappa shape index (κ2) is 7.85. The number of piperidine rings is 1. The predicted molar refractivity (Wildman–Crippen MR) is 80.0 cm³/mol. The van der Waals surface area contributed by atoms with Crippen molar-refractivity contribution in [2.24, 2.45) is 11.7 Å². The first-order valence-corrected chi connectivity index (χ1v) is 7.79. The fraction of sp³-hybridized carbons (Fsp3) is 0.933. The Kier molecular flexibility index (Phi) is 6.80. The molecular weight excluding hydrogens is 238 g/mol. The molecule has 1 fully saturated rings. The van der Waals surface area contributed by atoms with Crippen LogP contribution in [-0.4, -0.2) is 42.5 Å². The highest BCUT2D eigenvalue weighted by Crippen LogP contribution is 2.21. The molecule has 1 aliphatic heterocycles. The van der Waals surface area contributed by atoms with Crippen molar-refractivity contribution in [2.45, 2.75) is 58.4 Å². The van der Waals surface area contributed by atoms with Gasteiger partial charge >= 0.3 is 0 Å². The van der Waals surface area contributed by atoms with Crippen LogP contribution in [0.4, 0.5) is 0 Å². The molecular formula is C15H31N3O. The third-order valence-electron chi connectivity index (χ3n) is 4.55. The van der Waals surface area contributed by atoms with Crippen molar-refractivity contribution in [1.29, 1.82) is 0 Å². The van der Waals surface area contributed by atoms with Gasteiger partial charge in [0.25, 0.3) is 0 Å². The highest BCUT2D eigenvalue weighted by atomic mass is 16.1. The van der Waals surface area contributed by atoms with Gasteiger partial charge in [0, 0.05) is 0 Å². The van der Waals surface area contributed by atoms with Crippen molar-refractivity contribution in [3.63, 3.8) is 0 Å². The van der Waals surface area contributed by atoms with Gasteiger partial charge in [-0.3, -0.25) is 4.79 Å². The van der Waals surface area contributed by atoms with Crippen molar-refractivity contribution in [1.82, 2.24) is 10.2 Å². The minimum absolute atomic E-state index is 0.237. The number of likely N-dealkylation sites (N-methyl/N-ethyl adjacent to an activating group) is 1. The van der Waals surface area contributed by atoms with E-state index in [1.807, 2.05) is 13.8 Å². The summed E-state index contributed by atoms with van der Waals surface area (Å²) in [6.07, 6.45) is 5.83. The second-order valence-electron chi connectivity index (χ2n) is 6.02. The number of nitrogens with one attached hydrogen (secondary N) is 1. The summed E-state index contributed by atoms with van der Waals surface area (Å²) < 4.78 is 0. The van der Waals surface area contributed by atoms with Crippen LogP contribution in [0.15, 0.2) is 0 Å². The largest absolute Gasteiger partial charge is 0.368 e. The van der Waals surface area contributed by atoms with Crippen molar-refractivity contribution < 1.29 is 4.79 Å². The number of carbonyl (C=O) groups excluding carboxylic acids is 1. The molecule has 0 aliphatic carbocycles. The first-order valence-electron chi connectivity index (χ1n) is 7.79. The van der Waals surface area contributed by atoms with Gasteiger partial charge in [-0.2, -0.15) is 0 Å². The second-order valence-corrected chi connectivity index (χ2v) is 6.02. The molecule has 19 heavy (non-hydrogen) atoms. The fourth-order valence-electron chi connectivity index (χ4n) is 2.96. The Balaban J connectivity index is 2.27. The zero-order valence-electron chi connectivity index (χ0n) is 12.9. The zero-order valence-corrected chi connectivity index (χ0v) is 12.9. The molecule has 1 amide bonds. The number of likely N-dealkylation sites (tertiary alicyclic amines) is 1. The average molecular weight is 269 g/mol. The van der Waals surface area contributed by atoms with E-state index in [0.29, 0.717) is 0 Å². The summed E-state index contributed by atoms with van der Waals surface area (Å²) in [4.78, 5) is 14.0. The van der Waals surface area contributed by atoms with Crippen molar-refractivity contribution >= 4 is 5.91 Å². The average Bonchev–Trinajstić information content (AvgIpc) is 2.39. The Morgan fingerprint density at radius 1 is 1.37 bits per heavy atom. The van der Waals surface area contributed by atoms with Gasteiger partial charge in [0.15, 0.2) is 0 Å². The number of nitrogens with two attached hydrogens (primary N) is 1. The Morgan fingerprint density at radius 2 is 2.00 bits per heavy atom. The van der Waals surface area contributed by atoms with Crippen LogP contribution in [0.3, 0.4) is 0 Å². The van der Waals surface area contributed by atoms with E-state index in [-0.39, 0.29) is 5.91 Å². The molecule has 3 N–H and O–H groups in total. The highest BCUT2D eigenvalue weighted by molar-refractivity contribution is 5.84. The molecule has 0 saturated carbocycles. The first kappa shape index (κ1) is 16.4. The maximum Gasteiger partial charge on any atom is 0.237 e. The third-order valence-corrected chi connectivity index (χ3v) is 4.55. The van der Waals surface area contributed by atoms with E-state index in [9.17, 15) is 4.79 Å². The predicted octanol–water partition coefficient (Wildman–Crippen LogP) is 1.74. The lowest BCUT2D eigenvalue weighted by Crippen LogP contribution is -2.53. The van der Waals surface area contributed by atoms with Gasteiger partial charge in [0.1, 0.15) is 0 Å². The summed E-state index contributed by atoms with van der Waals surface area (Å²) in [6, 6.07) is 0. The normalized spacial score (nSPS) is 21.2. The number of nitrogens with zero attached hydrogens (tertiary/aromatic N) is 1. The van der Waals surface area contributed by atoms with Gasteiger partial charge in [0.05, 0.1) is 5.54 Å². The molecule has 0 radical (unpaired) electrons. The van der Waals surface area contributed by atoms with Crippen LogP contribution in [0.5, 0.6) is 0 Å². The smallest absolute Gasteiger partial charge is 0.237 e. The van der Waals surface area contributed by atoms with Crippen LogP contribution in [-0.2, 0) is 4.79 Å². The minimum atomic E-state index is -0.545. The van der Waals surface area contributed by atoms with Crippen LogP contribution >= 0.6 is 0 Å². The van der Waals surface area contributed by atoms with Gasteiger partial charge in [-0.25, -0.2) is 0 Å². The van der Waals surface area contributed by atoms with E-state index >= 15 is 0 Å². The Bertz CT molecular complexity index is 275. The van der Waals surface area contributed by atoms with Crippen LogP contribution in [0.25, 0.3) is 0 Å². The van der Waals surface area contributed by atoms with Crippen molar-refractivity contribution in [2.75, 3.05) is 26.2 Å². The molecule has 0 spiro atoms. The molecule has 1 unspecified atom stereocenters. The van der Waals surface area contributed by atoms with Gasteiger partial charge in [-0.1, -0.05) is 20.3 Å². The standard InChI is InChI=1S/C15H31N3O/c1-4-13-7-11-18(12-8-13)10-6-9-15(3,14(16)19)17-5-2/h13,17H,4-12H2,1-3H3,(H2,16,19). The van der Waals surface area contributed by atoms with Crippen LogP contribution in [0.1, 0.15) is 52.9 Å². The fourth-order valence-corrected chi connectivity index (χ4v) is 2.96. The maximum atomic E-state index is 11.5. The summed E-state index contributed by atoms with van der Waals surface area (Å²) in [5.41, 5.74) is 4.95. The van der Waals surface area contributed by atoms with Crippen molar-refractivity contribution in [3.05, 3.63) is 0 Å². The number of carbonyl (C=O) groups is 1. The minimum Gasteiger partial charge on any atom is -0.368 e. The number of hydrogen-bond acceptors (Lipinski definition) is 3. The number of rotatable bonds is 8. The quantitative estimate of drug-likeness (QED) is 0.706. The lowest BCUT2D eigenvalue weighted by Gasteiger charge is -2.33. The Hall–Kier alpha value is -0.610. The molecule has 0 aromatic heterocycles. The van der Waals surface area contributed by atoms with E-state index in [4.69, 9.17) is 5.73 Å². The molecule has 112 valence electrons. The van der Waals surface area contributed by atoms with E-state index in [0.717, 1.165) is 31.8 Å². The summed E-state index contributed by atoms with van der Waals surface area (Å²) in [6.45, 7) is 10.5. The van der Waals surface area contributed by atoms with Gasteiger partial charge in [0.2, 0.25) is 5.91 Å². The van der Waals surface area contributed by atoms with E-state index in [1.165, 1.54) is 32.4 Å². The van der Waals surface area contributed by atoms with E-state index in [1.54, 1.807) is 0 Å². The highest BCUT2D eigenvalue weighted by Gasteiger charge is 2.29. The lowest BCUT2D eigenvalue weighted by atomic mass is 9.92. The van der Waals surface area contributed by atoms with Crippen LogP contribution < -0.4 is 11.1 Å². The van der Waals surface area contributed by atoms with E-state index in [2.05, 4.69) is 17.1 Å². The Labute approximate surface area is 118 Å². The van der Waals surface area contributed by atoms with Crippen LogP contribution in [0, 0.1) is 5.92 Å². The van der Waals surface area contributed by atoms with Crippen molar-refractivity contribution in [3.8, 4) is 0 Å². The van der Waals surface area contributed by atoms with Gasteiger partial charge in [-0.05, 0) is 64.7 Å². The molecule has 4 heteroatoms.